The molecule has 1 unspecified atom stereocenters. The van der Waals surface area contributed by atoms with Gasteiger partial charge in [0, 0.05) is 19.8 Å². The molecule has 5 aromatic rings. The summed E-state index contributed by atoms with van der Waals surface area (Å²) in [5.74, 6) is 0. The summed E-state index contributed by atoms with van der Waals surface area (Å²) in [6.07, 6.45) is 2.04. The molecule has 0 saturated carbocycles. The van der Waals surface area contributed by atoms with Crippen LogP contribution in [0.4, 0.5) is 5.69 Å². The summed E-state index contributed by atoms with van der Waals surface area (Å²) in [5.41, 5.74) is 9.37. The molecule has 34 heavy (non-hydrogen) atoms. The van der Waals surface area contributed by atoms with Crippen LogP contribution in [-0.2, 0) is 12.8 Å². The Kier molecular flexibility index (Phi) is 6.15. The Morgan fingerprint density at radius 1 is 0.647 bits per heavy atom. The smallest absolute Gasteiger partial charge is 0.0426 e. The summed E-state index contributed by atoms with van der Waals surface area (Å²) < 4.78 is 0. The van der Waals surface area contributed by atoms with Gasteiger partial charge in [0.15, 0.2) is 0 Å². The predicted octanol–water partition coefficient (Wildman–Crippen LogP) is 8.02. The number of aryl methyl sites for hydroxylation is 2. The van der Waals surface area contributed by atoms with Gasteiger partial charge >= 0.3 is 0 Å². The molecule has 1 nitrogen and oxygen atoms in total. The minimum Gasteiger partial charge on any atom is -0.377 e. The van der Waals surface area contributed by atoms with Crippen molar-refractivity contribution in [2.75, 3.05) is 19.0 Å². The molecule has 0 aromatic heterocycles. The van der Waals surface area contributed by atoms with Crippen molar-refractivity contribution in [2.24, 2.45) is 0 Å². The van der Waals surface area contributed by atoms with E-state index >= 15 is 0 Å². The van der Waals surface area contributed by atoms with Gasteiger partial charge in [0.05, 0.1) is 0 Å². The highest BCUT2D eigenvalue weighted by molar-refractivity contribution is 7.28. The highest BCUT2D eigenvalue weighted by atomic mass is 31.0. The largest absolute Gasteiger partial charge is 0.377 e. The van der Waals surface area contributed by atoms with Gasteiger partial charge in [-0.2, -0.15) is 0 Å². The zero-order chi connectivity index (χ0) is 23.8. The van der Waals surface area contributed by atoms with Crippen LogP contribution in [0.2, 0.25) is 0 Å². The third-order valence-corrected chi connectivity index (χ3v) is 7.54. The van der Waals surface area contributed by atoms with Gasteiger partial charge in [-0.25, -0.2) is 0 Å². The molecule has 0 bridgehead atoms. The standard InChI is InChI=1S/C32H32NP/c1-5-21-18-25(19-22(6-2)31(21)33(3)4)29-20-24-13-8-10-16-27(24)30(32(29)34)28-17-11-14-23-12-7-9-15-26(23)28/h7-20H,5-6,34H2,1-4H3. The van der Waals surface area contributed by atoms with Crippen molar-refractivity contribution >= 4 is 41.8 Å². The van der Waals surface area contributed by atoms with E-state index in [2.05, 4.69) is 127 Å². The Hall–Kier alpha value is -3.15. The first-order chi connectivity index (χ1) is 16.5. The Morgan fingerprint density at radius 3 is 1.88 bits per heavy atom. The normalized spacial score (nSPS) is 11.3. The summed E-state index contributed by atoms with van der Waals surface area (Å²) >= 11 is 0. The Balaban J connectivity index is 1.86. The molecule has 0 radical (unpaired) electrons. The molecule has 5 aromatic carbocycles. The van der Waals surface area contributed by atoms with Gasteiger partial charge in [0.25, 0.3) is 0 Å². The van der Waals surface area contributed by atoms with Crippen molar-refractivity contribution in [2.45, 2.75) is 26.7 Å². The summed E-state index contributed by atoms with van der Waals surface area (Å²) in [4.78, 5) is 2.27. The molecule has 0 aliphatic rings. The molecule has 1 atom stereocenters. The summed E-state index contributed by atoms with van der Waals surface area (Å²) in [5, 5.41) is 6.40. The average Bonchev–Trinajstić information content (AvgIpc) is 2.87. The second kappa shape index (κ2) is 9.24. The van der Waals surface area contributed by atoms with E-state index in [1.165, 1.54) is 65.9 Å². The number of hydrogen-bond donors (Lipinski definition) is 0. The second-order valence-electron chi connectivity index (χ2n) is 9.21. The van der Waals surface area contributed by atoms with Crippen LogP contribution in [-0.4, -0.2) is 14.1 Å². The fourth-order valence-corrected chi connectivity index (χ4v) is 5.93. The van der Waals surface area contributed by atoms with E-state index in [1.54, 1.807) is 0 Å². The van der Waals surface area contributed by atoms with Crippen LogP contribution < -0.4 is 10.2 Å². The first-order valence-electron chi connectivity index (χ1n) is 12.2. The molecule has 5 rings (SSSR count). The van der Waals surface area contributed by atoms with E-state index in [0.717, 1.165) is 12.8 Å². The molecule has 2 heteroatoms. The van der Waals surface area contributed by atoms with Crippen LogP contribution in [0.15, 0.2) is 84.9 Å². The van der Waals surface area contributed by atoms with Gasteiger partial charge in [-0.1, -0.05) is 80.6 Å². The lowest BCUT2D eigenvalue weighted by molar-refractivity contribution is 1.02. The third kappa shape index (κ3) is 3.79. The van der Waals surface area contributed by atoms with Crippen molar-refractivity contribution in [1.29, 1.82) is 0 Å². The van der Waals surface area contributed by atoms with Crippen molar-refractivity contribution in [3.8, 4) is 22.3 Å². The lowest BCUT2D eigenvalue weighted by atomic mass is 9.88. The molecule has 0 fully saturated rings. The molecular weight excluding hydrogens is 429 g/mol. The number of nitrogens with zero attached hydrogens (tertiary/aromatic N) is 1. The monoisotopic (exact) mass is 461 g/mol. The molecular formula is C32H32NP. The lowest BCUT2D eigenvalue weighted by Gasteiger charge is -2.23. The number of benzene rings is 5. The van der Waals surface area contributed by atoms with E-state index in [0.29, 0.717) is 0 Å². The maximum atomic E-state index is 3.10. The van der Waals surface area contributed by atoms with Crippen LogP contribution in [0.3, 0.4) is 0 Å². The van der Waals surface area contributed by atoms with Crippen LogP contribution >= 0.6 is 9.24 Å². The maximum Gasteiger partial charge on any atom is 0.0426 e. The SMILES string of the molecule is CCc1cc(-c2cc3ccccc3c(-c3cccc4ccccc34)c2P)cc(CC)c1N(C)C. The number of anilines is 1. The maximum absolute atomic E-state index is 3.10. The Labute approximate surface area is 205 Å². The molecule has 0 amide bonds. The molecule has 0 heterocycles. The molecule has 170 valence electrons. The zero-order valence-corrected chi connectivity index (χ0v) is 21.7. The third-order valence-electron chi connectivity index (χ3n) is 6.94. The van der Waals surface area contributed by atoms with E-state index in [-0.39, 0.29) is 0 Å². The Morgan fingerprint density at radius 2 is 1.24 bits per heavy atom. The first-order valence-corrected chi connectivity index (χ1v) is 12.7. The summed E-state index contributed by atoms with van der Waals surface area (Å²) in [7, 11) is 7.41. The molecule has 0 N–H and O–H groups in total. The van der Waals surface area contributed by atoms with Gasteiger partial charge < -0.3 is 4.90 Å². The van der Waals surface area contributed by atoms with Crippen molar-refractivity contribution in [3.63, 3.8) is 0 Å². The predicted molar refractivity (Wildman–Crippen MR) is 155 cm³/mol. The topological polar surface area (TPSA) is 3.24 Å². The van der Waals surface area contributed by atoms with Crippen molar-refractivity contribution in [3.05, 3.63) is 96.1 Å². The number of rotatable bonds is 5. The van der Waals surface area contributed by atoms with Crippen LogP contribution in [0.5, 0.6) is 0 Å². The van der Waals surface area contributed by atoms with Crippen molar-refractivity contribution in [1.82, 2.24) is 0 Å². The number of fused-ring (bicyclic) bond motifs is 2. The van der Waals surface area contributed by atoms with Crippen molar-refractivity contribution < 1.29 is 0 Å². The molecule has 0 saturated heterocycles. The minimum atomic E-state index is 1.02. The second-order valence-corrected chi connectivity index (χ2v) is 9.78. The van der Waals surface area contributed by atoms with E-state index in [1.807, 2.05) is 0 Å². The van der Waals surface area contributed by atoms with E-state index in [9.17, 15) is 0 Å². The summed E-state index contributed by atoms with van der Waals surface area (Å²) in [6.45, 7) is 4.52. The molecule has 0 spiro atoms. The fraction of sp³-hybridized carbons (Fsp3) is 0.188. The minimum absolute atomic E-state index is 1.02. The highest BCUT2D eigenvalue weighted by Crippen LogP contribution is 2.39. The summed E-state index contributed by atoms with van der Waals surface area (Å²) in [6, 6.07) is 31.3. The number of hydrogen-bond acceptors (Lipinski definition) is 1. The van der Waals surface area contributed by atoms with Crippen LogP contribution in [0.1, 0.15) is 25.0 Å². The lowest BCUT2D eigenvalue weighted by Crippen LogP contribution is -2.14. The van der Waals surface area contributed by atoms with Crippen LogP contribution in [0, 0.1) is 0 Å². The fourth-order valence-electron chi connectivity index (χ4n) is 5.36. The quantitative estimate of drug-likeness (QED) is 0.240. The zero-order valence-electron chi connectivity index (χ0n) is 20.5. The van der Waals surface area contributed by atoms with Gasteiger partial charge in [-0.05, 0) is 91.3 Å². The molecule has 0 aliphatic carbocycles. The van der Waals surface area contributed by atoms with Gasteiger partial charge in [-0.15, -0.1) is 9.24 Å². The van der Waals surface area contributed by atoms with E-state index in [4.69, 9.17) is 0 Å². The highest BCUT2D eigenvalue weighted by Gasteiger charge is 2.18. The van der Waals surface area contributed by atoms with Gasteiger partial charge in [0.2, 0.25) is 0 Å². The van der Waals surface area contributed by atoms with E-state index < -0.39 is 0 Å². The average molecular weight is 462 g/mol. The van der Waals surface area contributed by atoms with Crippen LogP contribution in [0.25, 0.3) is 43.8 Å². The van der Waals surface area contributed by atoms with Gasteiger partial charge in [0.1, 0.15) is 0 Å². The molecule has 0 aliphatic heterocycles. The Bertz CT molecular complexity index is 1480. The van der Waals surface area contributed by atoms with Gasteiger partial charge in [-0.3, -0.25) is 0 Å². The first kappa shape index (κ1) is 22.6.